The number of carbonyl (C=O) groups is 2. The third-order valence-corrected chi connectivity index (χ3v) is 5.64. The van der Waals surface area contributed by atoms with Gasteiger partial charge in [0.15, 0.2) is 0 Å². The number of para-hydroxylation sites is 1. The Hall–Kier alpha value is -3.35. The van der Waals surface area contributed by atoms with Crippen molar-refractivity contribution in [3.8, 4) is 5.75 Å². The lowest BCUT2D eigenvalue weighted by Gasteiger charge is -2.26. The highest BCUT2D eigenvalue weighted by Gasteiger charge is 2.35. The first-order chi connectivity index (χ1) is 15.2. The summed E-state index contributed by atoms with van der Waals surface area (Å²) in [5.74, 6) is 0.457. The zero-order valence-corrected chi connectivity index (χ0v) is 19.7. The predicted octanol–water partition coefficient (Wildman–Crippen LogP) is 4.04. The van der Waals surface area contributed by atoms with Gasteiger partial charge in [0.1, 0.15) is 12.3 Å². The van der Waals surface area contributed by atoms with Crippen molar-refractivity contribution in [2.75, 3.05) is 20.7 Å². The van der Waals surface area contributed by atoms with Gasteiger partial charge in [-0.3, -0.25) is 4.79 Å². The molecule has 1 atom stereocenters. The number of nitrogens with zero attached hydrogens (tertiary/aromatic N) is 3. The number of aryl methyl sites for hydroxylation is 2. The van der Waals surface area contributed by atoms with Crippen molar-refractivity contribution in [1.29, 1.82) is 0 Å². The molecule has 0 unspecified atom stereocenters. The number of hydrazone groups is 1. The van der Waals surface area contributed by atoms with E-state index in [-0.39, 0.29) is 30.6 Å². The Morgan fingerprint density at radius 3 is 2.56 bits per heavy atom. The number of hydrogen-bond donors (Lipinski definition) is 1. The van der Waals surface area contributed by atoms with Crippen LogP contribution in [0.4, 0.5) is 4.79 Å². The van der Waals surface area contributed by atoms with Crippen LogP contribution in [-0.4, -0.2) is 54.3 Å². The summed E-state index contributed by atoms with van der Waals surface area (Å²) in [6.07, 6.45) is 0.566. The van der Waals surface area contributed by atoms with Crippen LogP contribution >= 0.6 is 0 Å². The monoisotopic (exact) mass is 436 g/mol. The van der Waals surface area contributed by atoms with Crippen molar-refractivity contribution >= 4 is 17.6 Å². The summed E-state index contributed by atoms with van der Waals surface area (Å²) >= 11 is 0. The van der Waals surface area contributed by atoms with Gasteiger partial charge in [0.25, 0.3) is 5.91 Å². The van der Waals surface area contributed by atoms with Crippen molar-refractivity contribution in [2.45, 2.75) is 46.2 Å². The Morgan fingerprint density at radius 1 is 1.19 bits per heavy atom. The molecular weight excluding hydrogens is 404 g/mol. The number of amides is 3. The molecule has 32 heavy (non-hydrogen) atoms. The van der Waals surface area contributed by atoms with Gasteiger partial charge in [-0.25, -0.2) is 9.80 Å². The second-order valence-electron chi connectivity index (χ2n) is 8.51. The van der Waals surface area contributed by atoms with Crippen LogP contribution in [0.15, 0.2) is 47.6 Å². The molecule has 1 N–H and O–H groups in total. The minimum Gasteiger partial charge on any atom is -0.496 e. The van der Waals surface area contributed by atoms with Gasteiger partial charge in [-0.15, -0.1) is 0 Å². The minimum absolute atomic E-state index is 0.0115. The average molecular weight is 437 g/mol. The number of nitrogens with one attached hydrogen (secondary N) is 1. The highest BCUT2D eigenvalue weighted by Crippen LogP contribution is 2.37. The molecule has 3 rings (SSSR count). The summed E-state index contributed by atoms with van der Waals surface area (Å²) in [4.78, 5) is 27.0. The summed E-state index contributed by atoms with van der Waals surface area (Å²) < 4.78 is 5.56. The maximum absolute atomic E-state index is 13.3. The maximum Gasteiger partial charge on any atom is 0.317 e. The van der Waals surface area contributed by atoms with E-state index in [0.29, 0.717) is 12.2 Å². The molecule has 2 aromatic rings. The van der Waals surface area contributed by atoms with Crippen LogP contribution in [-0.2, 0) is 4.79 Å². The normalized spacial score (nSPS) is 15.5. The number of hydrogen-bond acceptors (Lipinski definition) is 4. The Kier molecular flexibility index (Phi) is 7.18. The number of urea groups is 1. The molecule has 7 nitrogen and oxygen atoms in total. The second-order valence-corrected chi connectivity index (χ2v) is 8.51. The first kappa shape index (κ1) is 23.3. The zero-order chi connectivity index (χ0) is 23.4. The van der Waals surface area contributed by atoms with E-state index >= 15 is 0 Å². The van der Waals surface area contributed by atoms with Gasteiger partial charge in [-0.2, -0.15) is 5.10 Å². The van der Waals surface area contributed by atoms with Crippen molar-refractivity contribution in [1.82, 2.24) is 15.2 Å². The number of carbonyl (C=O) groups excluding carboxylic acids is 2. The molecule has 3 amide bonds. The lowest BCUT2D eigenvalue weighted by molar-refractivity contribution is -0.133. The van der Waals surface area contributed by atoms with Gasteiger partial charge in [-0.1, -0.05) is 30.3 Å². The highest BCUT2D eigenvalue weighted by atomic mass is 16.5. The Bertz CT molecular complexity index is 1030. The third-order valence-electron chi connectivity index (χ3n) is 5.64. The van der Waals surface area contributed by atoms with Crippen LogP contribution in [0.25, 0.3) is 0 Å². The number of rotatable bonds is 6. The van der Waals surface area contributed by atoms with Crippen LogP contribution in [0, 0.1) is 13.8 Å². The van der Waals surface area contributed by atoms with Gasteiger partial charge in [0.2, 0.25) is 0 Å². The first-order valence-corrected chi connectivity index (χ1v) is 10.8. The molecule has 1 aliphatic rings. The smallest absolute Gasteiger partial charge is 0.317 e. The van der Waals surface area contributed by atoms with E-state index in [1.54, 1.807) is 14.2 Å². The van der Waals surface area contributed by atoms with Crippen molar-refractivity contribution < 1.29 is 14.3 Å². The van der Waals surface area contributed by atoms with Crippen molar-refractivity contribution in [3.05, 3.63) is 64.7 Å². The van der Waals surface area contributed by atoms with E-state index in [9.17, 15) is 9.59 Å². The summed E-state index contributed by atoms with van der Waals surface area (Å²) in [6, 6.07) is 13.3. The number of benzene rings is 2. The Morgan fingerprint density at radius 2 is 1.91 bits per heavy atom. The SMILES string of the molecule is COc1ccccc1[C@@H]1CC(c2ccc(C)c(C)c2)=NN1C(=O)CN(C)C(=O)NC(C)C. The first-order valence-electron chi connectivity index (χ1n) is 10.8. The molecule has 170 valence electrons. The lowest BCUT2D eigenvalue weighted by Crippen LogP contribution is -2.45. The molecular formula is C25H32N4O3. The van der Waals surface area contributed by atoms with Crippen LogP contribution in [0.3, 0.4) is 0 Å². The number of ether oxygens (including phenoxy) is 1. The van der Waals surface area contributed by atoms with Crippen LogP contribution < -0.4 is 10.1 Å². The van der Waals surface area contributed by atoms with E-state index < -0.39 is 0 Å². The fourth-order valence-corrected chi connectivity index (χ4v) is 3.72. The van der Waals surface area contributed by atoms with E-state index in [1.807, 2.05) is 44.2 Å². The van der Waals surface area contributed by atoms with E-state index in [4.69, 9.17) is 9.84 Å². The Balaban J connectivity index is 1.93. The molecule has 1 heterocycles. The minimum atomic E-state index is -0.309. The van der Waals surface area contributed by atoms with E-state index in [1.165, 1.54) is 21.0 Å². The van der Waals surface area contributed by atoms with Crippen LogP contribution in [0.5, 0.6) is 5.75 Å². The molecule has 0 aromatic heterocycles. The van der Waals surface area contributed by atoms with Gasteiger partial charge < -0.3 is 15.0 Å². The molecule has 0 radical (unpaired) electrons. The van der Waals surface area contributed by atoms with Gasteiger partial charge in [0, 0.05) is 25.1 Å². The van der Waals surface area contributed by atoms with Crippen LogP contribution in [0.2, 0.25) is 0 Å². The lowest BCUT2D eigenvalue weighted by atomic mass is 9.96. The maximum atomic E-state index is 13.3. The average Bonchev–Trinajstić information content (AvgIpc) is 3.20. The standard InChI is InChI=1S/C25H32N4O3/c1-16(2)26-25(31)28(5)15-24(30)29-22(20-9-7-8-10-23(20)32-6)14-21(27-29)19-12-11-17(3)18(4)13-19/h7-13,16,22H,14-15H2,1-6H3,(H,26,31)/t22-/m0/s1. The fourth-order valence-electron chi connectivity index (χ4n) is 3.72. The Labute approximate surface area is 190 Å². The molecule has 0 fully saturated rings. The van der Waals surface area contributed by atoms with Gasteiger partial charge in [-0.05, 0) is 56.5 Å². The summed E-state index contributed by atoms with van der Waals surface area (Å²) in [5.41, 5.74) is 5.11. The summed E-state index contributed by atoms with van der Waals surface area (Å²) in [5, 5.41) is 9.03. The predicted molar refractivity (Wildman–Crippen MR) is 126 cm³/mol. The molecule has 1 aliphatic heterocycles. The molecule has 0 bridgehead atoms. The van der Waals surface area contributed by atoms with Gasteiger partial charge >= 0.3 is 6.03 Å². The summed E-state index contributed by atoms with van der Waals surface area (Å²) in [7, 11) is 3.23. The largest absolute Gasteiger partial charge is 0.496 e. The van der Waals surface area contributed by atoms with Crippen LogP contribution in [0.1, 0.15) is 48.6 Å². The molecule has 0 spiro atoms. The molecule has 0 saturated carbocycles. The van der Waals surface area contributed by atoms with E-state index in [0.717, 1.165) is 16.8 Å². The number of likely N-dealkylation sites (N-methyl/N-ethyl adjacent to an activating group) is 1. The van der Waals surface area contributed by atoms with E-state index in [2.05, 4.69) is 31.3 Å². The highest BCUT2D eigenvalue weighted by molar-refractivity contribution is 6.03. The zero-order valence-electron chi connectivity index (χ0n) is 19.7. The topological polar surface area (TPSA) is 74.2 Å². The fraction of sp³-hybridized carbons (Fsp3) is 0.400. The second kappa shape index (κ2) is 9.85. The van der Waals surface area contributed by atoms with Crippen molar-refractivity contribution in [2.24, 2.45) is 5.10 Å². The van der Waals surface area contributed by atoms with Crippen molar-refractivity contribution in [3.63, 3.8) is 0 Å². The third kappa shape index (κ3) is 5.10. The molecule has 7 heteroatoms. The molecule has 2 aromatic carbocycles. The molecule has 0 saturated heterocycles. The molecule has 0 aliphatic carbocycles. The number of methoxy groups -OCH3 is 1. The van der Waals surface area contributed by atoms with Gasteiger partial charge in [0.05, 0.1) is 18.9 Å². The quantitative estimate of drug-likeness (QED) is 0.743. The summed E-state index contributed by atoms with van der Waals surface area (Å²) in [6.45, 7) is 7.82.